The fourth-order valence-electron chi connectivity index (χ4n) is 1.51. The summed E-state index contributed by atoms with van der Waals surface area (Å²) >= 11 is 0. The zero-order valence-electron chi connectivity index (χ0n) is 9.94. The van der Waals surface area contributed by atoms with Crippen LogP contribution in [0.2, 0.25) is 0 Å². The standard InChI is InChI=1S/C12H10N2O4S/c1-19(17,18)9-4-2-8(3-5-9)10-6-11(12(15)16)14-7-13-10/h2-7H,1H3,(H,15,16). The normalized spacial score (nSPS) is 11.2. The Labute approximate surface area is 109 Å². The van der Waals surface area contributed by atoms with Gasteiger partial charge in [-0.2, -0.15) is 0 Å². The number of nitrogens with zero attached hydrogens (tertiary/aromatic N) is 2. The van der Waals surface area contributed by atoms with E-state index >= 15 is 0 Å². The van der Waals surface area contributed by atoms with Crippen molar-refractivity contribution in [2.24, 2.45) is 0 Å². The molecule has 0 saturated heterocycles. The molecule has 0 atom stereocenters. The van der Waals surface area contributed by atoms with Crippen LogP contribution in [0.5, 0.6) is 0 Å². The van der Waals surface area contributed by atoms with Crippen molar-refractivity contribution < 1.29 is 18.3 Å². The van der Waals surface area contributed by atoms with E-state index < -0.39 is 15.8 Å². The Morgan fingerprint density at radius 1 is 1.16 bits per heavy atom. The van der Waals surface area contributed by atoms with Crippen LogP contribution in [-0.2, 0) is 9.84 Å². The molecule has 0 unspecified atom stereocenters. The van der Waals surface area contributed by atoms with E-state index in [9.17, 15) is 13.2 Å². The number of benzene rings is 1. The number of hydrogen-bond donors (Lipinski definition) is 1. The first-order valence-electron chi connectivity index (χ1n) is 5.24. The molecule has 0 saturated carbocycles. The minimum atomic E-state index is -3.25. The van der Waals surface area contributed by atoms with E-state index in [1.54, 1.807) is 12.1 Å². The van der Waals surface area contributed by atoms with Gasteiger partial charge in [0.2, 0.25) is 0 Å². The first-order chi connectivity index (χ1) is 8.88. The first kappa shape index (κ1) is 13.2. The maximum Gasteiger partial charge on any atom is 0.354 e. The van der Waals surface area contributed by atoms with Gasteiger partial charge in [0.15, 0.2) is 15.5 Å². The molecule has 0 fully saturated rings. The largest absolute Gasteiger partial charge is 0.477 e. The molecule has 0 aliphatic rings. The number of carbonyl (C=O) groups is 1. The number of carboxylic acids is 1. The van der Waals surface area contributed by atoms with Crippen molar-refractivity contribution in [2.45, 2.75) is 4.90 Å². The summed E-state index contributed by atoms with van der Waals surface area (Å²) in [6, 6.07) is 7.38. The van der Waals surface area contributed by atoms with Crippen LogP contribution < -0.4 is 0 Å². The quantitative estimate of drug-likeness (QED) is 0.907. The highest BCUT2D eigenvalue weighted by atomic mass is 32.2. The van der Waals surface area contributed by atoms with Crippen molar-refractivity contribution >= 4 is 15.8 Å². The lowest BCUT2D eigenvalue weighted by atomic mass is 10.1. The highest BCUT2D eigenvalue weighted by molar-refractivity contribution is 7.90. The number of rotatable bonds is 3. The smallest absolute Gasteiger partial charge is 0.354 e. The molecule has 0 aliphatic carbocycles. The SMILES string of the molecule is CS(=O)(=O)c1ccc(-c2cc(C(=O)O)ncn2)cc1. The van der Waals surface area contributed by atoms with Crippen molar-refractivity contribution in [3.05, 3.63) is 42.4 Å². The van der Waals surface area contributed by atoms with Gasteiger partial charge in [0.25, 0.3) is 0 Å². The predicted molar refractivity (Wildman–Crippen MR) is 67.5 cm³/mol. The van der Waals surface area contributed by atoms with Crippen molar-refractivity contribution in [3.63, 3.8) is 0 Å². The second-order valence-corrected chi connectivity index (χ2v) is 5.91. The number of carboxylic acid groups (broad SMARTS) is 1. The summed E-state index contributed by atoms with van der Waals surface area (Å²) in [5, 5.41) is 8.84. The summed E-state index contributed by atoms with van der Waals surface area (Å²) < 4.78 is 22.6. The Morgan fingerprint density at radius 3 is 2.32 bits per heavy atom. The Hall–Kier alpha value is -2.28. The maximum absolute atomic E-state index is 11.3. The third kappa shape index (κ3) is 2.94. The van der Waals surface area contributed by atoms with Gasteiger partial charge >= 0.3 is 5.97 Å². The van der Waals surface area contributed by atoms with E-state index in [2.05, 4.69) is 9.97 Å². The number of sulfone groups is 1. The van der Waals surface area contributed by atoms with Gasteiger partial charge < -0.3 is 5.11 Å². The van der Waals surface area contributed by atoms with Gasteiger partial charge in [-0.25, -0.2) is 23.2 Å². The lowest BCUT2D eigenvalue weighted by Gasteiger charge is -2.03. The summed E-state index contributed by atoms with van der Waals surface area (Å²) in [5.41, 5.74) is 0.932. The second-order valence-electron chi connectivity index (χ2n) is 3.89. The molecule has 2 aromatic rings. The molecule has 98 valence electrons. The zero-order valence-corrected chi connectivity index (χ0v) is 10.8. The highest BCUT2D eigenvalue weighted by Crippen LogP contribution is 2.19. The topological polar surface area (TPSA) is 97.2 Å². The van der Waals surface area contributed by atoms with Gasteiger partial charge in [-0.05, 0) is 18.2 Å². The van der Waals surface area contributed by atoms with Gasteiger partial charge in [-0.1, -0.05) is 12.1 Å². The molecule has 19 heavy (non-hydrogen) atoms. The molecular formula is C12H10N2O4S. The first-order valence-corrected chi connectivity index (χ1v) is 7.13. The molecule has 0 spiro atoms. The van der Waals surface area contributed by atoms with Crippen LogP contribution >= 0.6 is 0 Å². The summed E-state index contributed by atoms with van der Waals surface area (Å²) in [6.07, 6.45) is 2.28. The van der Waals surface area contributed by atoms with Gasteiger partial charge in [0, 0.05) is 11.8 Å². The van der Waals surface area contributed by atoms with Gasteiger partial charge in [-0.15, -0.1) is 0 Å². The average Bonchev–Trinajstić information content (AvgIpc) is 2.38. The van der Waals surface area contributed by atoms with Gasteiger partial charge in [0.1, 0.15) is 6.33 Å². The zero-order chi connectivity index (χ0) is 14.0. The van der Waals surface area contributed by atoms with E-state index in [-0.39, 0.29) is 10.6 Å². The summed E-state index contributed by atoms with van der Waals surface area (Å²) in [5.74, 6) is -1.14. The Balaban J connectivity index is 2.43. The average molecular weight is 278 g/mol. The monoisotopic (exact) mass is 278 g/mol. The minimum absolute atomic E-state index is 0.114. The van der Waals surface area contributed by atoms with Crippen molar-refractivity contribution in [2.75, 3.05) is 6.26 Å². The third-order valence-electron chi connectivity index (χ3n) is 2.46. The summed E-state index contributed by atoms with van der Waals surface area (Å²) in [7, 11) is -3.25. The van der Waals surface area contributed by atoms with E-state index in [4.69, 9.17) is 5.11 Å². The Morgan fingerprint density at radius 2 is 1.79 bits per heavy atom. The van der Waals surface area contributed by atoms with E-state index in [0.717, 1.165) is 12.6 Å². The van der Waals surface area contributed by atoms with Crippen molar-refractivity contribution in [3.8, 4) is 11.3 Å². The molecule has 1 aromatic carbocycles. The maximum atomic E-state index is 11.3. The lowest BCUT2D eigenvalue weighted by Crippen LogP contribution is -2.01. The molecule has 1 N–H and O–H groups in total. The Bertz CT molecular complexity index is 724. The van der Waals surface area contributed by atoms with Crippen molar-refractivity contribution in [1.29, 1.82) is 0 Å². The molecular weight excluding hydrogens is 268 g/mol. The second kappa shape index (κ2) is 4.77. The lowest BCUT2D eigenvalue weighted by molar-refractivity contribution is 0.0690. The molecule has 0 bridgehead atoms. The fraction of sp³-hybridized carbons (Fsp3) is 0.0833. The van der Waals surface area contributed by atoms with Crippen LogP contribution in [0.3, 0.4) is 0 Å². The molecule has 0 radical (unpaired) electrons. The number of aromatic nitrogens is 2. The van der Waals surface area contributed by atoms with Crippen LogP contribution in [0, 0.1) is 0 Å². The molecule has 2 rings (SSSR count). The molecule has 1 heterocycles. The van der Waals surface area contributed by atoms with Crippen molar-refractivity contribution in [1.82, 2.24) is 9.97 Å². The third-order valence-corrected chi connectivity index (χ3v) is 3.59. The van der Waals surface area contributed by atoms with E-state index in [1.807, 2.05) is 0 Å². The Kier molecular flexibility index (Phi) is 3.30. The van der Waals surface area contributed by atoms with Crippen LogP contribution in [0.1, 0.15) is 10.5 Å². The summed E-state index contributed by atoms with van der Waals surface area (Å²) in [4.78, 5) is 18.6. The van der Waals surface area contributed by atoms with Crippen LogP contribution in [0.25, 0.3) is 11.3 Å². The fourth-order valence-corrected chi connectivity index (χ4v) is 2.14. The summed E-state index contributed by atoms with van der Waals surface area (Å²) in [6.45, 7) is 0. The molecule has 0 aliphatic heterocycles. The minimum Gasteiger partial charge on any atom is -0.477 e. The van der Waals surface area contributed by atoms with E-state index in [0.29, 0.717) is 11.3 Å². The number of hydrogen-bond acceptors (Lipinski definition) is 5. The van der Waals surface area contributed by atoms with Gasteiger partial charge in [-0.3, -0.25) is 0 Å². The van der Waals surface area contributed by atoms with Crippen LogP contribution in [0.15, 0.2) is 41.6 Å². The predicted octanol–water partition coefficient (Wildman–Crippen LogP) is 1.25. The van der Waals surface area contributed by atoms with Crippen LogP contribution in [0.4, 0.5) is 0 Å². The van der Waals surface area contributed by atoms with Gasteiger partial charge in [0.05, 0.1) is 10.6 Å². The number of aromatic carboxylic acids is 1. The highest BCUT2D eigenvalue weighted by Gasteiger charge is 2.10. The molecule has 6 nitrogen and oxygen atoms in total. The molecule has 0 amide bonds. The van der Waals surface area contributed by atoms with Crippen LogP contribution in [-0.4, -0.2) is 35.7 Å². The molecule has 1 aromatic heterocycles. The van der Waals surface area contributed by atoms with E-state index in [1.165, 1.54) is 18.2 Å². The molecule has 7 heteroatoms.